The molecule has 0 fully saturated rings. The van der Waals surface area contributed by atoms with Gasteiger partial charge in [-0.2, -0.15) is 5.10 Å². The Kier molecular flexibility index (Phi) is 5.98. The van der Waals surface area contributed by atoms with Crippen LogP contribution >= 0.6 is 0 Å². The number of nitro groups is 1. The van der Waals surface area contributed by atoms with Crippen molar-refractivity contribution in [3.63, 3.8) is 0 Å². The van der Waals surface area contributed by atoms with Gasteiger partial charge in [0, 0.05) is 17.7 Å². The summed E-state index contributed by atoms with van der Waals surface area (Å²) >= 11 is 0. The van der Waals surface area contributed by atoms with Crippen molar-refractivity contribution in [1.29, 1.82) is 0 Å². The Morgan fingerprint density at radius 3 is 2.44 bits per heavy atom. The van der Waals surface area contributed by atoms with E-state index in [1.165, 1.54) is 20.3 Å². The highest BCUT2D eigenvalue weighted by Gasteiger charge is 2.19. The summed E-state index contributed by atoms with van der Waals surface area (Å²) in [6.07, 6.45) is 0. The summed E-state index contributed by atoms with van der Waals surface area (Å²) in [5, 5.41) is 20.4. The summed E-state index contributed by atoms with van der Waals surface area (Å²) in [5.41, 5.74) is 3.25. The van der Waals surface area contributed by atoms with E-state index in [2.05, 4.69) is 10.5 Å². The predicted octanol–water partition coefficient (Wildman–Crippen LogP) is 2.10. The maximum atomic E-state index is 11.4. The molecule has 27 heavy (non-hydrogen) atoms. The Hall–Kier alpha value is -3.18. The highest BCUT2D eigenvalue weighted by Crippen LogP contribution is 2.28. The quantitative estimate of drug-likeness (QED) is 0.415. The van der Waals surface area contributed by atoms with Gasteiger partial charge >= 0.3 is 0 Å². The van der Waals surface area contributed by atoms with Gasteiger partial charge < -0.3 is 9.47 Å². The molecule has 11 heteroatoms. The first kappa shape index (κ1) is 20.1. The molecular weight excluding hydrogens is 376 g/mol. The number of primary sulfonamides is 1. The second-order valence-corrected chi connectivity index (χ2v) is 6.92. The van der Waals surface area contributed by atoms with E-state index in [4.69, 9.17) is 14.6 Å². The fraction of sp³-hybridized carbons (Fsp3) is 0.188. The molecule has 0 spiro atoms. The Bertz CT molecular complexity index is 1000. The van der Waals surface area contributed by atoms with E-state index >= 15 is 0 Å². The molecule has 0 saturated heterocycles. The van der Waals surface area contributed by atoms with Crippen LogP contribution in [-0.4, -0.2) is 33.3 Å². The molecule has 0 aliphatic carbocycles. The number of hydrogen-bond acceptors (Lipinski definition) is 8. The normalized spacial score (nSPS) is 11.8. The Labute approximate surface area is 155 Å². The fourth-order valence-corrected chi connectivity index (χ4v) is 2.77. The van der Waals surface area contributed by atoms with Crippen LogP contribution < -0.4 is 20.0 Å². The highest BCUT2D eigenvalue weighted by atomic mass is 32.2. The standard InChI is InChI=1S/C16H18N4O6S/c1-10(13-6-4-11(25-2)8-16(13)26-3)18-19-14-7-5-12(27(17,23)24)9-15(14)20(21)22/h4-9,19H,1-3H3,(H2,17,23,24)/b18-10-. The van der Waals surface area contributed by atoms with E-state index < -0.39 is 20.6 Å². The monoisotopic (exact) mass is 394 g/mol. The van der Waals surface area contributed by atoms with Gasteiger partial charge in [-0.05, 0) is 31.2 Å². The molecule has 2 rings (SSSR count). The molecule has 0 aliphatic heterocycles. The molecule has 2 aromatic rings. The molecule has 10 nitrogen and oxygen atoms in total. The van der Waals surface area contributed by atoms with Crippen LogP contribution in [0.15, 0.2) is 46.4 Å². The minimum atomic E-state index is -4.06. The first-order chi connectivity index (χ1) is 12.7. The lowest BCUT2D eigenvalue weighted by Gasteiger charge is -2.11. The topological polar surface area (TPSA) is 146 Å². The lowest BCUT2D eigenvalue weighted by atomic mass is 10.1. The van der Waals surface area contributed by atoms with E-state index in [-0.39, 0.29) is 10.6 Å². The average molecular weight is 394 g/mol. The smallest absolute Gasteiger partial charge is 0.295 e. The highest BCUT2D eigenvalue weighted by molar-refractivity contribution is 7.89. The van der Waals surface area contributed by atoms with Crippen molar-refractivity contribution in [3.8, 4) is 11.5 Å². The van der Waals surface area contributed by atoms with Crippen LogP contribution in [0.2, 0.25) is 0 Å². The zero-order valence-electron chi connectivity index (χ0n) is 14.8. The van der Waals surface area contributed by atoms with Crippen molar-refractivity contribution in [2.45, 2.75) is 11.8 Å². The van der Waals surface area contributed by atoms with E-state index in [1.807, 2.05) is 0 Å². The van der Waals surface area contributed by atoms with Crippen LogP contribution in [0.3, 0.4) is 0 Å². The zero-order valence-corrected chi connectivity index (χ0v) is 15.6. The number of nitrogens with two attached hydrogens (primary N) is 1. The molecule has 0 saturated carbocycles. The molecule has 0 unspecified atom stereocenters. The third-order valence-electron chi connectivity index (χ3n) is 3.64. The molecule has 0 aliphatic rings. The largest absolute Gasteiger partial charge is 0.497 e. The van der Waals surface area contributed by atoms with E-state index in [1.54, 1.807) is 25.1 Å². The van der Waals surface area contributed by atoms with Crippen molar-refractivity contribution in [2.75, 3.05) is 19.6 Å². The van der Waals surface area contributed by atoms with Gasteiger partial charge in [0.05, 0.1) is 29.8 Å². The first-order valence-corrected chi connectivity index (χ1v) is 9.06. The minimum Gasteiger partial charge on any atom is -0.497 e. The number of sulfonamides is 1. The average Bonchev–Trinajstić information content (AvgIpc) is 2.64. The number of nitro benzene ring substituents is 1. The van der Waals surface area contributed by atoms with Crippen molar-refractivity contribution in [3.05, 3.63) is 52.1 Å². The van der Waals surface area contributed by atoms with Crippen LogP contribution in [0.25, 0.3) is 0 Å². The fourth-order valence-electron chi connectivity index (χ4n) is 2.24. The number of hydrogen-bond donors (Lipinski definition) is 2. The summed E-state index contributed by atoms with van der Waals surface area (Å²) in [5.74, 6) is 1.11. The van der Waals surface area contributed by atoms with Gasteiger partial charge in [-0.3, -0.25) is 15.5 Å². The number of hydrazone groups is 1. The lowest BCUT2D eigenvalue weighted by Crippen LogP contribution is -2.12. The van der Waals surface area contributed by atoms with E-state index in [9.17, 15) is 18.5 Å². The number of nitrogens with one attached hydrogen (secondary N) is 1. The Morgan fingerprint density at radius 2 is 1.89 bits per heavy atom. The number of methoxy groups -OCH3 is 2. The first-order valence-electron chi connectivity index (χ1n) is 7.51. The van der Waals surface area contributed by atoms with Crippen molar-refractivity contribution < 1.29 is 22.8 Å². The second kappa shape index (κ2) is 8.01. The second-order valence-electron chi connectivity index (χ2n) is 5.36. The van der Waals surface area contributed by atoms with Gasteiger partial charge in [-0.1, -0.05) is 0 Å². The summed E-state index contributed by atoms with van der Waals surface area (Å²) in [6.45, 7) is 1.68. The van der Waals surface area contributed by atoms with Gasteiger partial charge in [0.15, 0.2) is 0 Å². The van der Waals surface area contributed by atoms with Gasteiger partial charge in [0.1, 0.15) is 17.2 Å². The third-order valence-corrected chi connectivity index (χ3v) is 4.55. The molecular formula is C16H18N4O6S. The van der Waals surface area contributed by atoms with Gasteiger partial charge in [-0.25, -0.2) is 13.6 Å². The van der Waals surface area contributed by atoms with E-state index in [0.29, 0.717) is 22.8 Å². The third kappa shape index (κ3) is 4.71. The van der Waals surface area contributed by atoms with Crippen LogP contribution in [0.4, 0.5) is 11.4 Å². The van der Waals surface area contributed by atoms with Gasteiger partial charge in [0.2, 0.25) is 10.0 Å². The molecule has 0 heterocycles. The summed E-state index contributed by atoms with van der Waals surface area (Å²) < 4.78 is 33.2. The van der Waals surface area contributed by atoms with Crippen LogP contribution in [-0.2, 0) is 10.0 Å². The summed E-state index contributed by atoms with van der Waals surface area (Å²) in [6, 6.07) is 8.38. The number of nitrogens with zero attached hydrogens (tertiary/aromatic N) is 2. The van der Waals surface area contributed by atoms with Crippen LogP contribution in [0.1, 0.15) is 12.5 Å². The maximum absolute atomic E-state index is 11.4. The number of anilines is 1. The van der Waals surface area contributed by atoms with Gasteiger partial charge in [0.25, 0.3) is 5.69 Å². The van der Waals surface area contributed by atoms with Crippen molar-refractivity contribution in [1.82, 2.24) is 0 Å². The number of ether oxygens (including phenoxy) is 2. The summed E-state index contributed by atoms with van der Waals surface area (Å²) in [7, 11) is -1.04. The Balaban J connectivity index is 2.38. The molecule has 0 aromatic heterocycles. The predicted molar refractivity (Wildman–Crippen MR) is 99.8 cm³/mol. The van der Waals surface area contributed by atoms with Crippen LogP contribution in [0, 0.1) is 10.1 Å². The SMILES string of the molecule is COc1ccc(/C(C)=N\Nc2ccc(S(N)(=O)=O)cc2[N+](=O)[O-])c(OC)c1. The molecule has 3 N–H and O–H groups in total. The molecule has 144 valence electrons. The molecule has 0 bridgehead atoms. The maximum Gasteiger partial charge on any atom is 0.295 e. The van der Waals surface area contributed by atoms with Gasteiger partial charge in [-0.15, -0.1) is 0 Å². The number of rotatable bonds is 7. The summed E-state index contributed by atoms with van der Waals surface area (Å²) in [4.78, 5) is 10.1. The lowest BCUT2D eigenvalue weighted by molar-refractivity contribution is -0.384. The molecule has 0 amide bonds. The molecule has 2 aromatic carbocycles. The number of benzene rings is 2. The van der Waals surface area contributed by atoms with Crippen molar-refractivity contribution in [2.24, 2.45) is 10.2 Å². The molecule has 0 atom stereocenters. The Morgan fingerprint density at radius 1 is 1.19 bits per heavy atom. The van der Waals surface area contributed by atoms with E-state index in [0.717, 1.165) is 12.1 Å². The van der Waals surface area contributed by atoms with Crippen LogP contribution in [0.5, 0.6) is 11.5 Å². The van der Waals surface area contributed by atoms with Crippen molar-refractivity contribution >= 4 is 27.1 Å². The minimum absolute atomic E-state index is 0.0132. The zero-order chi connectivity index (χ0) is 20.2. The molecule has 0 radical (unpaired) electrons.